The number of hydrogen-bond acceptors (Lipinski definition) is 5. The lowest BCUT2D eigenvalue weighted by Gasteiger charge is -2.03. The van der Waals surface area contributed by atoms with Gasteiger partial charge in [-0.05, 0) is 19.1 Å². The summed E-state index contributed by atoms with van der Waals surface area (Å²) in [5.74, 6) is 0.657. The van der Waals surface area contributed by atoms with Crippen LogP contribution in [-0.2, 0) is 4.79 Å². The molecule has 1 unspecified atom stereocenters. The van der Waals surface area contributed by atoms with Crippen LogP contribution in [-0.4, -0.2) is 33.9 Å². The van der Waals surface area contributed by atoms with E-state index >= 15 is 0 Å². The molecule has 0 saturated carbocycles. The number of carbonyl (C=O) groups is 1. The van der Waals surface area contributed by atoms with Gasteiger partial charge in [0, 0.05) is 6.07 Å². The highest BCUT2D eigenvalue weighted by molar-refractivity contribution is 8.01. The van der Waals surface area contributed by atoms with Gasteiger partial charge in [-0.15, -0.1) is 0 Å². The van der Waals surface area contributed by atoms with Gasteiger partial charge >= 0.3 is 0 Å². The molecular formula is C12H12N4O2S. The summed E-state index contributed by atoms with van der Waals surface area (Å²) in [5, 5.41) is 4.29. The molecular weight excluding hydrogens is 264 g/mol. The molecule has 0 saturated heterocycles. The fourth-order valence-corrected chi connectivity index (χ4v) is 2.77. The van der Waals surface area contributed by atoms with Gasteiger partial charge < -0.3 is 9.72 Å². The van der Waals surface area contributed by atoms with E-state index in [4.69, 9.17) is 4.74 Å². The van der Waals surface area contributed by atoms with Crippen LogP contribution in [0, 0.1) is 0 Å². The molecule has 0 radical (unpaired) electrons. The summed E-state index contributed by atoms with van der Waals surface area (Å²) >= 11 is 1.36. The SMILES string of the molecule is COc1ccc2nc(SC3C(=O)NN=C3C)[nH]c2c1. The first-order valence-electron chi connectivity index (χ1n) is 5.72. The van der Waals surface area contributed by atoms with E-state index in [2.05, 4.69) is 20.5 Å². The number of nitrogens with zero attached hydrogens (tertiary/aromatic N) is 2. The quantitative estimate of drug-likeness (QED) is 0.891. The van der Waals surface area contributed by atoms with Crippen LogP contribution < -0.4 is 10.2 Å². The number of H-pyrrole nitrogens is 1. The van der Waals surface area contributed by atoms with Crippen LogP contribution in [0.1, 0.15) is 6.92 Å². The Labute approximate surface area is 113 Å². The third kappa shape index (κ3) is 2.17. The second-order valence-electron chi connectivity index (χ2n) is 4.15. The molecule has 1 aliphatic rings. The van der Waals surface area contributed by atoms with Crippen LogP contribution in [0.25, 0.3) is 11.0 Å². The molecule has 3 rings (SSSR count). The molecule has 6 nitrogen and oxygen atoms in total. The maximum Gasteiger partial charge on any atom is 0.259 e. The molecule has 1 aromatic carbocycles. The highest BCUT2D eigenvalue weighted by Gasteiger charge is 2.29. The van der Waals surface area contributed by atoms with E-state index in [9.17, 15) is 4.79 Å². The van der Waals surface area contributed by atoms with Gasteiger partial charge in [0.2, 0.25) is 0 Å². The molecule has 2 N–H and O–H groups in total. The van der Waals surface area contributed by atoms with Gasteiger partial charge in [-0.25, -0.2) is 10.4 Å². The van der Waals surface area contributed by atoms with E-state index in [0.29, 0.717) is 5.16 Å². The number of amides is 1. The summed E-state index contributed by atoms with van der Waals surface area (Å²) < 4.78 is 5.16. The van der Waals surface area contributed by atoms with Gasteiger partial charge in [-0.3, -0.25) is 4.79 Å². The first-order valence-corrected chi connectivity index (χ1v) is 6.60. The molecule has 1 amide bonds. The van der Waals surface area contributed by atoms with Crippen molar-refractivity contribution in [3.8, 4) is 5.75 Å². The largest absolute Gasteiger partial charge is 0.497 e. The normalized spacial score (nSPS) is 18.5. The van der Waals surface area contributed by atoms with Crippen molar-refractivity contribution in [1.29, 1.82) is 0 Å². The van der Waals surface area contributed by atoms with E-state index in [1.54, 1.807) is 7.11 Å². The van der Waals surface area contributed by atoms with Crippen LogP contribution >= 0.6 is 11.8 Å². The number of imidazole rings is 1. The Morgan fingerprint density at radius 2 is 2.26 bits per heavy atom. The number of aromatic nitrogens is 2. The standard InChI is InChI=1S/C12H12N4O2S/c1-6-10(11(17)16-15-6)19-12-13-8-4-3-7(18-2)5-9(8)14-12/h3-5,10H,1-2H3,(H,13,14)(H,16,17). The van der Waals surface area contributed by atoms with Gasteiger partial charge in [0.1, 0.15) is 11.0 Å². The first kappa shape index (κ1) is 12.0. The summed E-state index contributed by atoms with van der Waals surface area (Å²) in [6.45, 7) is 1.82. The molecule has 1 aromatic heterocycles. The van der Waals surface area contributed by atoms with Crippen LogP contribution in [0.2, 0.25) is 0 Å². The molecule has 1 atom stereocenters. The second-order valence-corrected chi connectivity index (χ2v) is 5.25. The Morgan fingerprint density at radius 1 is 1.42 bits per heavy atom. The Balaban J connectivity index is 1.89. The number of aromatic amines is 1. The zero-order valence-electron chi connectivity index (χ0n) is 10.4. The molecule has 2 aromatic rings. The van der Waals surface area contributed by atoms with Crippen molar-refractivity contribution in [2.45, 2.75) is 17.3 Å². The molecule has 2 heterocycles. The number of thioether (sulfide) groups is 1. The number of nitrogens with one attached hydrogen (secondary N) is 2. The smallest absolute Gasteiger partial charge is 0.259 e. The Morgan fingerprint density at radius 3 is 2.95 bits per heavy atom. The van der Waals surface area contributed by atoms with Crippen LogP contribution in [0.3, 0.4) is 0 Å². The summed E-state index contributed by atoms with van der Waals surface area (Å²) in [5.41, 5.74) is 4.94. The number of rotatable bonds is 3. The zero-order chi connectivity index (χ0) is 13.4. The summed E-state index contributed by atoms with van der Waals surface area (Å²) in [6.07, 6.45) is 0. The molecule has 0 bridgehead atoms. The summed E-state index contributed by atoms with van der Waals surface area (Å²) in [7, 11) is 1.62. The molecule has 19 heavy (non-hydrogen) atoms. The average Bonchev–Trinajstić information content (AvgIpc) is 2.95. The molecule has 1 aliphatic heterocycles. The number of benzene rings is 1. The van der Waals surface area contributed by atoms with E-state index in [1.807, 2.05) is 25.1 Å². The Bertz CT molecular complexity index is 679. The lowest BCUT2D eigenvalue weighted by Crippen LogP contribution is -2.24. The number of hydrogen-bond donors (Lipinski definition) is 2. The average molecular weight is 276 g/mol. The van der Waals surface area contributed by atoms with Crippen molar-refractivity contribution in [1.82, 2.24) is 15.4 Å². The molecule has 0 spiro atoms. The fraction of sp³-hybridized carbons (Fsp3) is 0.250. The van der Waals surface area contributed by atoms with Gasteiger partial charge in [0.25, 0.3) is 5.91 Å². The van der Waals surface area contributed by atoms with Crippen LogP contribution in [0.5, 0.6) is 5.75 Å². The first-order chi connectivity index (χ1) is 9.17. The van der Waals surface area contributed by atoms with E-state index in [0.717, 1.165) is 22.5 Å². The monoisotopic (exact) mass is 276 g/mol. The predicted octanol–water partition coefficient (Wildman–Crippen LogP) is 1.54. The van der Waals surface area contributed by atoms with Crippen molar-refractivity contribution in [2.24, 2.45) is 5.10 Å². The second kappa shape index (κ2) is 4.58. The van der Waals surface area contributed by atoms with Crippen molar-refractivity contribution >= 4 is 34.4 Å². The van der Waals surface area contributed by atoms with Gasteiger partial charge in [0.15, 0.2) is 5.16 Å². The van der Waals surface area contributed by atoms with Crippen LogP contribution in [0.15, 0.2) is 28.5 Å². The lowest BCUT2D eigenvalue weighted by atomic mass is 10.3. The highest BCUT2D eigenvalue weighted by Crippen LogP contribution is 2.27. The lowest BCUT2D eigenvalue weighted by molar-refractivity contribution is -0.118. The third-order valence-corrected chi connectivity index (χ3v) is 4.06. The van der Waals surface area contributed by atoms with Gasteiger partial charge in [-0.1, -0.05) is 11.8 Å². The van der Waals surface area contributed by atoms with Crippen molar-refractivity contribution in [3.05, 3.63) is 18.2 Å². The Kier molecular flexibility index (Phi) is 2.90. The maximum atomic E-state index is 11.6. The van der Waals surface area contributed by atoms with Gasteiger partial charge in [0.05, 0.1) is 23.9 Å². The molecule has 0 aliphatic carbocycles. The number of ether oxygens (including phenoxy) is 1. The molecule has 7 heteroatoms. The number of carbonyl (C=O) groups excluding carboxylic acids is 1. The van der Waals surface area contributed by atoms with E-state index in [-0.39, 0.29) is 11.2 Å². The minimum Gasteiger partial charge on any atom is -0.497 e. The highest BCUT2D eigenvalue weighted by atomic mass is 32.2. The molecule has 0 fully saturated rings. The topological polar surface area (TPSA) is 79.4 Å². The fourth-order valence-electron chi connectivity index (χ4n) is 1.85. The van der Waals surface area contributed by atoms with Gasteiger partial charge in [-0.2, -0.15) is 5.10 Å². The van der Waals surface area contributed by atoms with E-state index < -0.39 is 0 Å². The van der Waals surface area contributed by atoms with Crippen molar-refractivity contribution in [2.75, 3.05) is 7.11 Å². The predicted molar refractivity (Wildman–Crippen MR) is 73.5 cm³/mol. The number of hydrazone groups is 1. The third-order valence-electron chi connectivity index (χ3n) is 2.86. The minimum absolute atomic E-state index is 0.111. The number of fused-ring (bicyclic) bond motifs is 1. The van der Waals surface area contributed by atoms with Crippen molar-refractivity contribution in [3.63, 3.8) is 0 Å². The Hall–Kier alpha value is -2.02. The van der Waals surface area contributed by atoms with E-state index in [1.165, 1.54) is 11.8 Å². The minimum atomic E-state index is -0.317. The van der Waals surface area contributed by atoms with Crippen molar-refractivity contribution < 1.29 is 9.53 Å². The summed E-state index contributed by atoms with van der Waals surface area (Å²) in [4.78, 5) is 19.2. The summed E-state index contributed by atoms with van der Waals surface area (Å²) in [6, 6.07) is 5.61. The molecule has 98 valence electrons. The maximum absolute atomic E-state index is 11.6. The number of methoxy groups -OCH3 is 1. The zero-order valence-corrected chi connectivity index (χ0v) is 11.2. The van der Waals surface area contributed by atoms with Crippen LogP contribution in [0.4, 0.5) is 0 Å².